The molecule has 24 heavy (non-hydrogen) atoms. The van der Waals surface area contributed by atoms with Crippen molar-refractivity contribution < 1.29 is 18.8 Å². The van der Waals surface area contributed by atoms with Crippen LogP contribution in [0.4, 0.5) is 4.79 Å². The molecule has 0 aromatic rings. The van der Waals surface area contributed by atoms with E-state index in [1.54, 1.807) is 0 Å². The quantitative estimate of drug-likeness (QED) is 0.682. The third-order valence-electron chi connectivity index (χ3n) is 6.14. The summed E-state index contributed by atoms with van der Waals surface area (Å²) in [4.78, 5) is 14.1. The summed E-state index contributed by atoms with van der Waals surface area (Å²) >= 11 is 0. The van der Waals surface area contributed by atoms with Crippen LogP contribution < -0.4 is 0 Å². The SMILES string of the molecule is CC(C)(C)OC(=O)N1CCC2(CC(B3OC(C)(C)C(C)(C)O3)C2)C1. The van der Waals surface area contributed by atoms with Gasteiger partial charge >= 0.3 is 13.2 Å². The largest absolute Gasteiger partial charge is 0.461 e. The van der Waals surface area contributed by atoms with Crippen molar-refractivity contribution >= 4 is 13.2 Å². The third-order valence-corrected chi connectivity index (χ3v) is 6.14. The van der Waals surface area contributed by atoms with E-state index < -0.39 is 5.60 Å². The number of ether oxygens (including phenoxy) is 1. The molecule has 0 N–H and O–H groups in total. The van der Waals surface area contributed by atoms with Gasteiger partial charge in [0.05, 0.1) is 11.2 Å². The molecule has 0 atom stereocenters. The van der Waals surface area contributed by atoms with E-state index in [2.05, 4.69) is 27.7 Å². The van der Waals surface area contributed by atoms with Crippen LogP contribution >= 0.6 is 0 Å². The minimum Gasteiger partial charge on any atom is -0.444 e. The fourth-order valence-electron chi connectivity index (χ4n) is 4.08. The monoisotopic (exact) mass is 337 g/mol. The van der Waals surface area contributed by atoms with Gasteiger partial charge in [0.15, 0.2) is 0 Å². The standard InChI is InChI=1S/C18H32BNO4/c1-15(2,3)22-14(21)20-9-8-18(12-20)10-13(11-18)19-23-16(4,5)17(6,7)24-19/h13H,8-12H2,1-7H3. The molecule has 2 aliphatic heterocycles. The van der Waals surface area contributed by atoms with Crippen LogP contribution in [-0.4, -0.2) is 48.0 Å². The Hall–Kier alpha value is -0.745. The summed E-state index contributed by atoms with van der Waals surface area (Å²) in [7, 11) is -0.115. The maximum atomic E-state index is 12.3. The fourth-order valence-corrected chi connectivity index (χ4v) is 4.08. The van der Waals surface area contributed by atoms with E-state index >= 15 is 0 Å². The lowest BCUT2D eigenvalue weighted by Gasteiger charge is -2.45. The third kappa shape index (κ3) is 3.19. The van der Waals surface area contributed by atoms with Crippen molar-refractivity contribution in [2.75, 3.05) is 13.1 Å². The second-order valence-electron chi connectivity index (χ2n) is 9.94. The zero-order valence-corrected chi connectivity index (χ0v) is 16.3. The molecule has 0 bridgehead atoms. The molecule has 1 amide bonds. The molecule has 6 heteroatoms. The van der Waals surface area contributed by atoms with Crippen LogP contribution in [0, 0.1) is 5.41 Å². The van der Waals surface area contributed by atoms with Crippen LogP contribution in [0.5, 0.6) is 0 Å². The van der Waals surface area contributed by atoms with Gasteiger partial charge in [-0.1, -0.05) is 0 Å². The van der Waals surface area contributed by atoms with Crippen molar-refractivity contribution in [2.24, 2.45) is 5.41 Å². The molecule has 0 aromatic heterocycles. The number of carbonyl (C=O) groups excluding carboxylic acids is 1. The number of nitrogens with zero attached hydrogens (tertiary/aromatic N) is 1. The van der Waals surface area contributed by atoms with E-state index in [4.69, 9.17) is 14.0 Å². The van der Waals surface area contributed by atoms with Gasteiger partial charge in [0.1, 0.15) is 5.60 Å². The van der Waals surface area contributed by atoms with Crippen LogP contribution in [-0.2, 0) is 14.0 Å². The lowest BCUT2D eigenvalue weighted by Crippen LogP contribution is -2.45. The number of carbonyl (C=O) groups is 1. The van der Waals surface area contributed by atoms with Gasteiger partial charge in [-0.3, -0.25) is 0 Å². The molecule has 136 valence electrons. The highest BCUT2D eigenvalue weighted by atomic mass is 16.7. The molecule has 1 saturated carbocycles. The van der Waals surface area contributed by atoms with Gasteiger partial charge in [-0.25, -0.2) is 4.79 Å². The molecule has 3 aliphatic rings. The Morgan fingerprint density at radius 3 is 2.17 bits per heavy atom. The summed E-state index contributed by atoms with van der Waals surface area (Å²) < 4.78 is 17.9. The van der Waals surface area contributed by atoms with Crippen molar-refractivity contribution in [3.8, 4) is 0 Å². The van der Waals surface area contributed by atoms with E-state index in [9.17, 15) is 4.79 Å². The van der Waals surface area contributed by atoms with Crippen molar-refractivity contribution in [2.45, 2.75) is 90.3 Å². The minimum atomic E-state index is -0.433. The number of likely N-dealkylation sites (tertiary alicyclic amines) is 1. The van der Waals surface area contributed by atoms with Gasteiger partial charge in [-0.05, 0) is 79.0 Å². The van der Waals surface area contributed by atoms with Crippen LogP contribution in [0.2, 0.25) is 5.82 Å². The molecule has 0 aromatic carbocycles. The van der Waals surface area contributed by atoms with Crippen molar-refractivity contribution in [3.05, 3.63) is 0 Å². The van der Waals surface area contributed by atoms with Crippen LogP contribution in [0.25, 0.3) is 0 Å². The molecular formula is C18H32BNO4. The van der Waals surface area contributed by atoms with Gasteiger partial charge in [0.25, 0.3) is 0 Å². The normalized spacial score (nSPS) is 34.5. The summed E-state index contributed by atoms with van der Waals surface area (Å²) in [5, 5.41) is 0. The predicted octanol–water partition coefficient (Wildman–Crippen LogP) is 3.87. The van der Waals surface area contributed by atoms with Crippen molar-refractivity contribution in [1.29, 1.82) is 0 Å². The summed E-state index contributed by atoms with van der Waals surface area (Å²) in [6, 6.07) is 0. The van der Waals surface area contributed by atoms with Gasteiger partial charge in [-0.15, -0.1) is 0 Å². The molecular weight excluding hydrogens is 305 g/mol. The van der Waals surface area contributed by atoms with Crippen LogP contribution in [0.3, 0.4) is 0 Å². The van der Waals surface area contributed by atoms with E-state index in [-0.39, 0.29) is 29.8 Å². The average molecular weight is 337 g/mol. The number of amides is 1. The van der Waals surface area contributed by atoms with E-state index in [0.717, 1.165) is 32.4 Å². The summed E-state index contributed by atoms with van der Waals surface area (Å²) in [5.74, 6) is 0.435. The molecule has 1 spiro atoms. The molecule has 3 rings (SSSR count). The first kappa shape index (κ1) is 18.1. The Kier molecular flexibility index (Phi) is 4.04. The molecule has 2 saturated heterocycles. The van der Waals surface area contributed by atoms with Crippen LogP contribution in [0.1, 0.15) is 67.7 Å². The fraction of sp³-hybridized carbons (Fsp3) is 0.944. The molecule has 5 nitrogen and oxygen atoms in total. The van der Waals surface area contributed by atoms with Gasteiger partial charge in [0, 0.05) is 13.1 Å². The Labute approximate surface area is 146 Å². The number of hydrogen-bond acceptors (Lipinski definition) is 4. The van der Waals surface area contributed by atoms with Gasteiger partial charge < -0.3 is 18.9 Å². The zero-order chi connectivity index (χ0) is 18.0. The first-order chi connectivity index (χ1) is 10.8. The second-order valence-corrected chi connectivity index (χ2v) is 9.94. The zero-order valence-electron chi connectivity index (χ0n) is 16.3. The lowest BCUT2D eigenvalue weighted by molar-refractivity contribution is 0.00578. The van der Waals surface area contributed by atoms with E-state index in [1.807, 2.05) is 25.7 Å². The topological polar surface area (TPSA) is 48.0 Å². The summed E-state index contributed by atoms with van der Waals surface area (Å²) in [5.41, 5.74) is -0.722. The first-order valence-corrected chi connectivity index (χ1v) is 9.16. The molecule has 0 unspecified atom stereocenters. The molecule has 1 aliphatic carbocycles. The maximum absolute atomic E-state index is 12.3. The molecule has 3 fully saturated rings. The number of hydrogen-bond donors (Lipinski definition) is 0. The van der Waals surface area contributed by atoms with Crippen LogP contribution in [0.15, 0.2) is 0 Å². The maximum Gasteiger partial charge on any atom is 0.461 e. The first-order valence-electron chi connectivity index (χ1n) is 9.16. The molecule has 0 radical (unpaired) electrons. The smallest absolute Gasteiger partial charge is 0.444 e. The highest BCUT2D eigenvalue weighted by molar-refractivity contribution is 6.47. The van der Waals surface area contributed by atoms with Gasteiger partial charge in [-0.2, -0.15) is 0 Å². The highest BCUT2D eigenvalue weighted by Gasteiger charge is 2.60. The highest BCUT2D eigenvalue weighted by Crippen LogP contribution is 2.58. The summed E-state index contributed by atoms with van der Waals surface area (Å²) in [6.45, 7) is 15.7. The van der Waals surface area contributed by atoms with E-state index in [0.29, 0.717) is 5.82 Å². The molecule has 2 heterocycles. The average Bonchev–Trinajstić information content (AvgIpc) is 2.85. The Bertz CT molecular complexity index is 504. The lowest BCUT2D eigenvalue weighted by atomic mass is 9.49. The Morgan fingerprint density at radius 2 is 1.67 bits per heavy atom. The predicted molar refractivity (Wildman–Crippen MR) is 93.9 cm³/mol. The van der Waals surface area contributed by atoms with Crippen molar-refractivity contribution in [1.82, 2.24) is 4.90 Å². The minimum absolute atomic E-state index is 0.115. The van der Waals surface area contributed by atoms with Gasteiger partial charge in [0.2, 0.25) is 0 Å². The second kappa shape index (κ2) is 5.37. The Morgan fingerprint density at radius 1 is 1.12 bits per heavy atom. The summed E-state index contributed by atoms with van der Waals surface area (Å²) in [6.07, 6.45) is 3.02. The van der Waals surface area contributed by atoms with E-state index in [1.165, 1.54) is 0 Å². The van der Waals surface area contributed by atoms with Crippen molar-refractivity contribution in [3.63, 3.8) is 0 Å². The Balaban J connectivity index is 1.53. The number of rotatable bonds is 1.